The number of ether oxygens (including phenoxy) is 1. The summed E-state index contributed by atoms with van der Waals surface area (Å²) in [4.78, 5) is 38.4. The van der Waals surface area contributed by atoms with E-state index in [4.69, 9.17) is 4.74 Å². The highest BCUT2D eigenvalue weighted by Gasteiger charge is 2.26. The molecule has 0 aliphatic heterocycles. The first-order chi connectivity index (χ1) is 14.9. The van der Waals surface area contributed by atoms with E-state index in [1.165, 1.54) is 25.1 Å². The van der Waals surface area contributed by atoms with Gasteiger partial charge in [-0.2, -0.15) is 0 Å². The summed E-state index contributed by atoms with van der Waals surface area (Å²) in [6.07, 6.45) is 5.05. The first kappa shape index (κ1) is 22.5. The molecular formula is C24H27FN2O4. The van der Waals surface area contributed by atoms with E-state index in [-0.39, 0.29) is 35.8 Å². The Balaban J connectivity index is 1.66. The minimum Gasteiger partial charge on any atom is -0.452 e. The van der Waals surface area contributed by atoms with Crippen molar-refractivity contribution < 1.29 is 23.5 Å². The van der Waals surface area contributed by atoms with Crippen LogP contribution in [-0.4, -0.2) is 35.3 Å². The summed E-state index contributed by atoms with van der Waals surface area (Å²) in [7, 11) is 0. The maximum absolute atomic E-state index is 13.2. The van der Waals surface area contributed by atoms with E-state index >= 15 is 0 Å². The van der Waals surface area contributed by atoms with Gasteiger partial charge in [-0.1, -0.05) is 37.5 Å². The molecule has 1 aliphatic carbocycles. The molecule has 0 bridgehead atoms. The van der Waals surface area contributed by atoms with Gasteiger partial charge in [0.25, 0.3) is 5.91 Å². The van der Waals surface area contributed by atoms with Gasteiger partial charge in [0.05, 0.1) is 5.56 Å². The van der Waals surface area contributed by atoms with E-state index in [0.29, 0.717) is 12.2 Å². The fourth-order valence-electron chi connectivity index (χ4n) is 3.82. The molecule has 0 saturated heterocycles. The fourth-order valence-corrected chi connectivity index (χ4v) is 3.82. The average Bonchev–Trinajstić information content (AvgIpc) is 2.77. The number of esters is 1. The van der Waals surface area contributed by atoms with Crippen LogP contribution in [0.25, 0.3) is 0 Å². The Bertz CT molecular complexity index is 923. The maximum atomic E-state index is 13.2. The largest absolute Gasteiger partial charge is 0.452 e. The van der Waals surface area contributed by atoms with Crippen molar-refractivity contribution in [3.05, 3.63) is 65.5 Å². The van der Waals surface area contributed by atoms with Crippen LogP contribution >= 0.6 is 0 Å². The number of hydrogen-bond donors (Lipinski definition) is 1. The van der Waals surface area contributed by atoms with Gasteiger partial charge in [0.1, 0.15) is 5.82 Å². The second kappa shape index (κ2) is 10.7. The molecule has 31 heavy (non-hydrogen) atoms. The van der Waals surface area contributed by atoms with E-state index in [0.717, 1.165) is 37.7 Å². The molecule has 0 atom stereocenters. The molecule has 0 aromatic heterocycles. The maximum Gasteiger partial charge on any atom is 0.338 e. The van der Waals surface area contributed by atoms with Crippen molar-refractivity contribution in [2.75, 3.05) is 11.9 Å². The lowest BCUT2D eigenvalue weighted by Gasteiger charge is -2.34. The minimum absolute atomic E-state index is 0.0769. The van der Waals surface area contributed by atoms with Gasteiger partial charge < -0.3 is 15.0 Å². The smallest absolute Gasteiger partial charge is 0.338 e. The van der Waals surface area contributed by atoms with Gasteiger partial charge in [-0.3, -0.25) is 9.59 Å². The standard InChI is InChI=1S/C24H27FN2O4/c1-17(28)26-21-7-5-6-19(14-21)24(30)31-16-23(29)27(22-8-3-2-4-9-22)15-18-10-12-20(25)13-11-18/h5-7,10-14,22H,2-4,8-9,15-16H2,1H3,(H,26,28). The molecule has 0 unspecified atom stereocenters. The van der Waals surface area contributed by atoms with Crippen molar-refractivity contribution in [2.45, 2.75) is 51.6 Å². The summed E-state index contributed by atoms with van der Waals surface area (Å²) in [5.41, 5.74) is 1.56. The summed E-state index contributed by atoms with van der Waals surface area (Å²) in [6, 6.07) is 12.5. The lowest BCUT2D eigenvalue weighted by Crippen LogP contribution is -2.43. The Hall–Kier alpha value is -3.22. The minimum atomic E-state index is -0.633. The quantitative estimate of drug-likeness (QED) is 0.670. The third-order valence-electron chi connectivity index (χ3n) is 5.35. The van der Waals surface area contributed by atoms with E-state index in [1.807, 2.05) is 0 Å². The predicted octanol–water partition coefficient (Wildman–Crippen LogP) is 4.30. The monoisotopic (exact) mass is 426 g/mol. The second-order valence-electron chi connectivity index (χ2n) is 7.78. The van der Waals surface area contributed by atoms with Crippen LogP contribution in [0.5, 0.6) is 0 Å². The van der Waals surface area contributed by atoms with Crippen molar-refractivity contribution in [1.29, 1.82) is 0 Å². The van der Waals surface area contributed by atoms with Crippen LogP contribution < -0.4 is 5.32 Å². The Labute approximate surface area is 181 Å². The van der Waals surface area contributed by atoms with Crippen LogP contribution in [-0.2, 0) is 20.9 Å². The van der Waals surface area contributed by atoms with Crippen LogP contribution in [0.3, 0.4) is 0 Å². The summed E-state index contributed by atoms with van der Waals surface area (Å²) in [5.74, 6) is -1.48. The van der Waals surface area contributed by atoms with Gasteiger partial charge in [0, 0.05) is 25.2 Å². The molecule has 2 aromatic carbocycles. The highest BCUT2D eigenvalue weighted by molar-refractivity contribution is 5.94. The zero-order chi connectivity index (χ0) is 22.2. The predicted molar refractivity (Wildman–Crippen MR) is 115 cm³/mol. The summed E-state index contributed by atoms with van der Waals surface area (Å²) in [6.45, 7) is 1.35. The number of hydrogen-bond acceptors (Lipinski definition) is 4. The third kappa shape index (κ3) is 6.64. The molecule has 164 valence electrons. The Morgan fingerprint density at radius 2 is 1.77 bits per heavy atom. The molecule has 7 heteroatoms. The summed E-state index contributed by atoms with van der Waals surface area (Å²) < 4.78 is 18.5. The first-order valence-corrected chi connectivity index (χ1v) is 10.5. The van der Waals surface area contributed by atoms with Gasteiger partial charge in [-0.15, -0.1) is 0 Å². The van der Waals surface area contributed by atoms with Gasteiger partial charge in [0.15, 0.2) is 6.61 Å². The molecule has 1 fully saturated rings. The number of benzene rings is 2. The number of halogens is 1. The number of rotatable bonds is 7. The summed E-state index contributed by atoms with van der Waals surface area (Å²) >= 11 is 0. The molecule has 6 nitrogen and oxygen atoms in total. The Kier molecular flexibility index (Phi) is 7.76. The first-order valence-electron chi connectivity index (χ1n) is 10.5. The van der Waals surface area contributed by atoms with E-state index < -0.39 is 5.97 Å². The van der Waals surface area contributed by atoms with E-state index in [9.17, 15) is 18.8 Å². The van der Waals surface area contributed by atoms with Gasteiger partial charge in [-0.05, 0) is 48.7 Å². The van der Waals surface area contributed by atoms with Gasteiger partial charge in [-0.25, -0.2) is 9.18 Å². The molecule has 1 aliphatic rings. The molecule has 0 radical (unpaired) electrons. The topological polar surface area (TPSA) is 75.7 Å². The van der Waals surface area contributed by atoms with Crippen LogP contribution in [0.4, 0.5) is 10.1 Å². The molecular weight excluding hydrogens is 399 g/mol. The zero-order valence-corrected chi connectivity index (χ0v) is 17.6. The fraction of sp³-hybridized carbons (Fsp3) is 0.375. The van der Waals surface area contributed by atoms with Crippen LogP contribution in [0.1, 0.15) is 54.9 Å². The van der Waals surface area contributed by atoms with E-state index in [2.05, 4.69) is 5.32 Å². The average molecular weight is 426 g/mol. The van der Waals surface area contributed by atoms with Crippen molar-refractivity contribution in [2.24, 2.45) is 0 Å². The van der Waals surface area contributed by atoms with Gasteiger partial charge >= 0.3 is 5.97 Å². The molecule has 2 aromatic rings. The Morgan fingerprint density at radius 1 is 1.06 bits per heavy atom. The number of carbonyl (C=O) groups is 3. The van der Waals surface area contributed by atoms with Crippen LogP contribution in [0.2, 0.25) is 0 Å². The number of carbonyl (C=O) groups excluding carboxylic acids is 3. The van der Waals surface area contributed by atoms with Crippen molar-refractivity contribution >= 4 is 23.5 Å². The Morgan fingerprint density at radius 3 is 2.45 bits per heavy atom. The van der Waals surface area contributed by atoms with E-state index in [1.54, 1.807) is 35.2 Å². The lowest BCUT2D eigenvalue weighted by atomic mass is 9.93. The number of nitrogens with zero attached hydrogens (tertiary/aromatic N) is 1. The third-order valence-corrected chi connectivity index (χ3v) is 5.35. The zero-order valence-electron chi connectivity index (χ0n) is 17.6. The number of amides is 2. The molecule has 0 heterocycles. The second-order valence-corrected chi connectivity index (χ2v) is 7.78. The van der Waals surface area contributed by atoms with Crippen molar-refractivity contribution in [3.8, 4) is 0 Å². The highest BCUT2D eigenvalue weighted by Crippen LogP contribution is 2.24. The SMILES string of the molecule is CC(=O)Nc1cccc(C(=O)OCC(=O)N(Cc2ccc(F)cc2)C2CCCCC2)c1. The van der Waals surface area contributed by atoms with Gasteiger partial charge in [0.2, 0.25) is 5.91 Å². The van der Waals surface area contributed by atoms with Crippen molar-refractivity contribution in [3.63, 3.8) is 0 Å². The van der Waals surface area contributed by atoms with Crippen LogP contribution in [0, 0.1) is 5.82 Å². The molecule has 1 N–H and O–H groups in total. The number of anilines is 1. The molecule has 2 amide bonds. The van der Waals surface area contributed by atoms with Crippen LogP contribution in [0.15, 0.2) is 48.5 Å². The normalized spacial score (nSPS) is 14.0. The summed E-state index contributed by atoms with van der Waals surface area (Å²) in [5, 5.41) is 2.61. The van der Waals surface area contributed by atoms with Crippen molar-refractivity contribution in [1.82, 2.24) is 4.90 Å². The molecule has 0 spiro atoms. The lowest BCUT2D eigenvalue weighted by molar-refractivity contribution is -0.138. The molecule has 1 saturated carbocycles. The highest BCUT2D eigenvalue weighted by atomic mass is 19.1. The molecule has 3 rings (SSSR count). The number of nitrogens with one attached hydrogen (secondary N) is 1.